The van der Waals surface area contributed by atoms with Crippen LogP contribution in [0.3, 0.4) is 0 Å². The number of carbonyl (C=O) groups is 1. The second kappa shape index (κ2) is 9.28. The predicted molar refractivity (Wildman–Crippen MR) is 90.1 cm³/mol. The average molecular weight is 378 g/mol. The summed E-state index contributed by atoms with van der Waals surface area (Å²) in [6.07, 6.45) is 2.53. The van der Waals surface area contributed by atoms with Crippen LogP contribution in [0.4, 0.5) is 0 Å². The van der Waals surface area contributed by atoms with E-state index in [9.17, 15) is 4.79 Å². The standard InChI is InChI=1S/C15H21BrN2O2.ClH/c1-11(20-14-5-3-2-4-13(14)16)8-18-15(19)10-17-9-12-6-7-12;/h2-5,11-12,17H,6-10H2,1H3,(H,18,19);1H. The first kappa shape index (κ1) is 18.3. The van der Waals surface area contributed by atoms with Gasteiger partial charge >= 0.3 is 0 Å². The van der Waals surface area contributed by atoms with E-state index in [1.54, 1.807) is 0 Å². The van der Waals surface area contributed by atoms with Crippen LogP contribution in [0.2, 0.25) is 0 Å². The SMILES string of the molecule is CC(CNC(=O)CNCC1CC1)Oc1ccccc1Br.Cl. The number of rotatable bonds is 8. The Bertz CT molecular complexity index is 455. The molecule has 1 aliphatic carbocycles. The summed E-state index contributed by atoms with van der Waals surface area (Å²) in [7, 11) is 0. The van der Waals surface area contributed by atoms with Crippen molar-refractivity contribution in [1.82, 2.24) is 10.6 Å². The summed E-state index contributed by atoms with van der Waals surface area (Å²) in [6.45, 7) is 3.79. The molecule has 1 aromatic rings. The molecule has 6 heteroatoms. The number of amides is 1. The number of carbonyl (C=O) groups excluding carboxylic acids is 1. The molecule has 2 rings (SSSR count). The van der Waals surface area contributed by atoms with Gasteiger partial charge in [0.05, 0.1) is 17.6 Å². The van der Waals surface area contributed by atoms with Gasteiger partial charge in [0.25, 0.3) is 0 Å². The minimum Gasteiger partial charge on any atom is -0.488 e. The zero-order valence-corrected chi connectivity index (χ0v) is 14.5. The van der Waals surface area contributed by atoms with Crippen LogP contribution in [0.1, 0.15) is 19.8 Å². The van der Waals surface area contributed by atoms with Gasteiger partial charge in [-0.3, -0.25) is 4.79 Å². The molecule has 0 aliphatic heterocycles. The molecular weight excluding hydrogens is 356 g/mol. The molecule has 0 aromatic heterocycles. The molecular formula is C15H22BrClN2O2. The van der Waals surface area contributed by atoms with E-state index in [0.717, 1.165) is 22.7 Å². The highest BCUT2D eigenvalue weighted by atomic mass is 79.9. The van der Waals surface area contributed by atoms with Crippen LogP contribution in [0, 0.1) is 5.92 Å². The third-order valence-electron chi connectivity index (χ3n) is 3.17. The van der Waals surface area contributed by atoms with Crippen molar-refractivity contribution in [3.05, 3.63) is 28.7 Å². The van der Waals surface area contributed by atoms with E-state index in [1.165, 1.54) is 12.8 Å². The smallest absolute Gasteiger partial charge is 0.234 e. The lowest BCUT2D eigenvalue weighted by atomic mass is 10.3. The molecule has 1 saturated carbocycles. The summed E-state index contributed by atoms with van der Waals surface area (Å²) in [6, 6.07) is 7.70. The third-order valence-corrected chi connectivity index (χ3v) is 3.82. The molecule has 1 atom stereocenters. The minimum absolute atomic E-state index is 0. The molecule has 21 heavy (non-hydrogen) atoms. The molecule has 1 amide bonds. The number of halogens is 2. The number of para-hydroxylation sites is 1. The Morgan fingerprint density at radius 3 is 2.81 bits per heavy atom. The number of hydrogen-bond acceptors (Lipinski definition) is 3. The van der Waals surface area contributed by atoms with E-state index in [-0.39, 0.29) is 24.4 Å². The summed E-state index contributed by atoms with van der Waals surface area (Å²) >= 11 is 3.44. The van der Waals surface area contributed by atoms with Crippen LogP contribution < -0.4 is 15.4 Å². The molecule has 0 spiro atoms. The van der Waals surface area contributed by atoms with Gasteiger partial charge in [-0.15, -0.1) is 12.4 Å². The van der Waals surface area contributed by atoms with Gasteiger partial charge in [-0.1, -0.05) is 12.1 Å². The van der Waals surface area contributed by atoms with Crippen molar-refractivity contribution in [3.8, 4) is 5.75 Å². The van der Waals surface area contributed by atoms with Crippen LogP contribution in [0.15, 0.2) is 28.7 Å². The van der Waals surface area contributed by atoms with Crippen LogP contribution in [0.25, 0.3) is 0 Å². The first-order valence-corrected chi connectivity index (χ1v) is 7.83. The number of nitrogens with one attached hydrogen (secondary N) is 2. The molecule has 1 aliphatic rings. The molecule has 0 heterocycles. The van der Waals surface area contributed by atoms with Crippen molar-refractivity contribution in [3.63, 3.8) is 0 Å². The fraction of sp³-hybridized carbons (Fsp3) is 0.533. The van der Waals surface area contributed by atoms with E-state index >= 15 is 0 Å². The van der Waals surface area contributed by atoms with Crippen molar-refractivity contribution in [2.75, 3.05) is 19.6 Å². The van der Waals surface area contributed by atoms with Gasteiger partial charge in [0.2, 0.25) is 5.91 Å². The summed E-state index contributed by atoms with van der Waals surface area (Å²) in [5, 5.41) is 6.04. The van der Waals surface area contributed by atoms with Gasteiger partial charge in [0.15, 0.2) is 0 Å². The highest BCUT2D eigenvalue weighted by molar-refractivity contribution is 9.10. The van der Waals surface area contributed by atoms with Crippen molar-refractivity contribution in [1.29, 1.82) is 0 Å². The molecule has 4 nitrogen and oxygen atoms in total. The zero-order chi connectivity index (χ0) is 14.4. The maximum atomic E-state index is 11.6. The summed E-state index contributed by atoms with van der Waals surface area (Å²) in [5.41, 5.74) is 0. The Morgan fingerprint density at radius 1 is 1.43 bits per heavy atom. The maximum Gasteiger partial charge on any atom is 0.234 e. The van der Waals surface area contributed by atoms with Crippen molar-refractivity contribution in [2.24, 2.45) is 5.92 Å². The van der Waals surface area contributed by atoms with Crippen molar-refractivity contribution >= 4 is 34.2 Å². The second-order valence-corrected chi connectivity index (χ2v) is 6.09. The summed E-state index contributed by atoms with van der Waals surface area (Å²) in [4.78, 5) is 11.6. The Morgan fingerprint density at radius 2 is 2.14 bits per heavy atom. The van der Waals surface area contributed by atoms with Gasteiger partial charge in [-0.25, -0.2) is 0 Å². The molecule has 1 unspecified atom stereocenters. The molecule has 0 radical (unpaired) electrons. The van der Waals surface area contributed by atoms with E-state index < -0.39 is 0 Å². The highest BCUT2D eigenvalue weighted by Gasteiger charge is 2.20. The predicted octanol–water partition coefficient (Wildman–Crippen LogP) is 2.75. The first-order valence-electron chi connectivity index (χ1n) is 7.03. The number of ether oxygens (including phenoxy) is 1. The Hall–Kier alpha value is -0.780. The zero-order valence-electron chi connectivity index (χ0n) is 12.1. The van der Waals surface area contributed by atoms with Crippen LogP contribution >= 0.6 is 28.3 Å². The molecule has 118 valence electrons. The summed E-state index contributed by atoms with van der Waals surface area (Å²) in [5.74, 6) is 1.61. The largest absolute Gasteiger partial charge is 0.488 e. The first-order chi connectivity index (χ1) is 9.65. The molecule has 0 bridgehead atoms. The Kier molecular flexibility index (Phi) is 8.07. The monoisotopic (exact) mass is 376 g/mol. The highest BCUT2D eigenvalue weighted by Crippen LogP contribution is 2.27. The van der Waals surface area contributed by atoms with Crippen LogP contribution in [0.5, 0.6) is 5.75 Å². The van der Waals surface area contributed by atoms with Gasteiger partial charge in [0, 0.05) is 0 Å². The second-order valence-electron chi connectivity index (χ2n) is 5.24. The lowest BCUT2D eigenvalue weighted by Crippen LogP contribution is -2.39. The third kappa shape index (κ3) is 7.16. The van der Waals surface area contributed by atoms with Gasteiger partial charge < -0.3 is 15.4 Å². The Balaban J connectivity index is 0.00000220. The topological polar surface area (TPSA) is 50.4 Å². The normalized spacial score (nSPS) is 15.0. The van der Waals surface area contributed by atoms with Crippen LogP contribution in [-0.2, 0) is 4.79 Å². The Labute approximate surface area is 140 Å². The van der Waals surface area contributed by atoms with E-state index in [0.29, 0.717) is 13.1 Å². The van der Waals surface area contributed by atoms with Gasteiger partial charge in [-0.2, -0.15) is 0 Å². The average Bonchev–Trinajstić information content (AvgIpc) is 3.23. The fourth-order valence-corrected chi connectivity index (χ4v) is 2.21. The van der Waals surface area contributed by atoms with Gasteiger partial charge in [-0.05, 0) is 60.3 Å². The van der Waals surface area contributed by atoms with E-state index in [2.05, 4.69) is 26.6 Å². The molecule has 1 fully saturated rings. The fourth-order valence-electron chi connectivity index (χ4n) is 1.83. The van der Waals surface area contributed by atoms with Gasteiger partial charge in [0.1, 0.15) is 11.9 Å². The molecule has 1 aromatic carbocycles. The number of benzene rings is 1. The quantitative estimate of drug-likeness (QED) is 0.732. The molecule has 2 N–H and O–H groups in total. The lowest BCUT2D eigenvalue weighted by molar-refractivity contribution is -0.120. The molecule has 0 saturated heterocycles. The summed E-state index contributed by atoms with van der Waals surface area (Å²) < 4.78 is 6.69. The van der Waals surface area contributed by atoms with Crippen molar-refractivity contribution in [2.45, 2.75) is 25.9 Å². The maximum absolute atomic E-state index is 11.6. The van der Waals surface area contributed by atoms with Crippen LogP contribution in [-0.4, -0.2) is 31.6 Å². The van der Waals surface area contributed by atoms with E-state index in [4.69, 9.17) is 4.74 Å². The number of hydrogen-bond donors (Lipinski definition) is 2. The lowest BCUT2D eigenvalue weighted by Gasteiger charge is -2.16. The van der Waals surface area contributed by atoms with Crippen molar-refractivity contribution < 1.29 is 9.53 Å². The minimum atomic E-state index is -0.0684. The van der Waals surface area contributed by atoms with E-state index in [1.807, 2.05) is 31.2 Å².